The van der Waals surface area contributed by atoms with E-state index in [4.69, 9.17) is 32.7 Å². The predicted molar refractivity (Wildman–Crippen MR) is 112 cm³/mol. The van der Waals surface area contributed by atoms with Crippen molar-refractivity contribution in [1.29, 1.82) is 0 Å². The van der Waals surface area contributed by atoms with Crippen molar-refractivity contribution in [2.75, 3.05) is 19.7 Å². The van der Waals surface area contributed by atoms with Gasteiger partial charge in [0.15, 0.2) is 5.78 Å². The van der Waals surface area contributed by atoms with E-state index >= 15 is 0 Å². The second-order valence-corrected chi connectivity index (χ2v) is 9.03. The fraction of sp³-hybridized carbons (Fsp3) is 0.524. The van der Waals surface area contributed by atoms with Gasteiger partial charge >= 0.3 is 6.09 Å². The zero-order valence-electron chi connectivity index (χ0n) is 16.8. The number of hydrogen-bond acceptors (Lipinski definition) is 4. The molecule has 2 rings (SSSR count). The van der Waals surface area contributed by atoms with Gasteiger partial charge in [-0.05, 0) is 39.7 Å². The van der Waals surface area contributed by atoms with E-state index in [0.717, 1.165) is 0 Å². The largest absolute Gasteiger partial charge is 0.489 e. The normalized spacial score (nSPS) is 16.4. The third-order valence-electron chi connectivity index (χ3n) is 4.69. The molecule has 1 heterocycles. The first-order valence-corrected chi connectivity index (χ1v) is 9.98. The monoisotopic (exact) mass is 427 g/mol. The fourth-order valence-electron chi connectivity index (χ4n) is 3.04. The molecule has 0 aliphatic carbocycles. The number of ether oxygens (including phenoxy) is 2. The minimum atomic E-state index is -0.637. The van der Waals surface area contributed by atoms with Crippen molar-refractivity contribution < 1.29 is 19.1 Å². The smallest absolute Gasteiger partial charge is 0.410 e. The predicted octanol–water partition coefficient (Wildman–Crippen LogP) is 5.78. The number of hydrogen-bond donors (Lipinski definition) is 0. The highest BCUT2D eigenvalue weighted by Gasteiger charge is 2.40. The molecule has 0 N–H and O–H groups in total. The van der Waals surface area contributed by atoms with E-state index in [2.05, 4.69) is 6.58 Å². The van der Waals surface area contributed by atoms with Crippen LogP contribution in [0.25, 0.3) is 0 Å². The summed E-state index contributed by atoms with van der Waals surface area (Å²) in [6.07, 6.45) is 2.28. The minimum Gasteiger partial charge on any atom is -0.489 e. The summed E-state index contributed by atoms with van der Waals surface area (Å²) in [5.74, 6) is 0.309. The lowest BCUT2D eigenvalue weighted by atomic mass is 9.74. The van der Waals surface area contributed by atoms with E-state index < -0.39 is 11.0 Å². The van der Waals surface area contributed by atoms with E-state index in [9.17, 15) is 9.59 Å². The maximum atomic E-state index is 13.3. The summed E-state index contributed by atoms with van der Waals surface area (Å²) < 4.78 is 11.1. The van der Waals surface area contributed by atoms with Crippen molar-refractivity contribution in [1.82, 2.24) is 4.90 Å². The van der Waals surface area contributed by atoms with Gasteiger partial charge in [-0.1, -0.05) is 42.8 Å². The molecule has 0 atom stereocenters. The third kappa shape index (κ3) is 5.42. The number of carbonyl (C=O) groups is 2. The summed E-state index contributed by atoms with van der Waals surface area (Å²) in [4.78, 5) is 27.3. The van der Waals surface area contributed by atoms with Crippen LogP contribution in [0.15, 0.2) is 24.8 Å². The second-order valence-electron chi connectivity index (χ2n) is 8.22. The zero-order chi connectivity index (χ0) is 21.1. The molecule has 1 fully saturated rings. The van der Waals surface area contributed by atoms with Crippen LogP contribution in [0, 0.1) is 5.41 Å². The summed E-state index contributed by atoms with van der Waals surface area (Å²) in [5.41, 5.74) is -0.794. The van der Waals surface area contributed by atoms with Crippen molar-refractivity contribution in [2.24, 2.45) is 5.41 Å². The number of likely N-dealkylation sites (tertiary alicyclic amines) is 1. The highest BCUT2D eigenvalue weighted by molar-refractivity contribution is 6.42. The van der Waals surface area contributed by atoms with E-state index in [1.807, 2.05) is 27.7 Å². The quantitative estimate of drug-likeness (QED) is 0.441. The number of halogens is 2. The molecule has 0 spiro atoms. The van der Waals surface area contributed by atoms with Crippen molar-refractivity contribution >= 4 is 35.1 Å². The molecule has 28 heavy (non-hydrogen) atoms. The van der Waals surface area contributed by atoms with Gasteiger partial charge in [0.05, 0.1) is 15.6 Å². The molecule has 0 bridgehead atoms. The number of Topliss-reactive ketones (excluding diaryl/α,β-unsaturated/α-hetero) is 1. The number of rotatable bonds is 5. The van der Waals surface area contributed by atoms with Gasteiger partial charge in [-0.3, -0.25) is 4.79 Å². The Bertz CT molecular complexity index is 762. The molecule has 154 valence electrons. The molecule has 0 radical (unpaired) electrons. The first kappa shape index (κ1) is 22.6. The van der Waals surface area contributed by atoms with E-state index in [0.29, 0.717) is 47.3 Å². The Morgan fingerprint density at radius 3 is 2.32 bits per heavy atom. The van der Waals surface area contributed by atoms with Gasteiger partial charge < -0.3 is 14.4 Å². The van der Waals surface area contributed by atoms with Gasteiger partial charge in [-0.25, -0.2) is 4.79 Å². The van der Waals surface area contributed by atoms with Crippen LogP contribution >= 0.6 is 23.2 Å². The van der Waals surface area contributed by atoms with Crippen LogP contribution in [0.5, 0.6) is 5.75 Å². The number of benzene rings is 1. The Hall–Kier alpha value is -1.72. The molecule has 5 nitrogen and oxygen atoms in total. The number of ketones is 1. The van der Waals surface area contributed by atoms with E-state index in [1.165, 1.54) is 0 Å². The van der Waals surface area contributed by atoms with Crippen molar-refractivity contribution in [3.05, 3.63) is 40.4 Å². The van der Waals surface area contributed by atoms with Crippen LogP contribution in [0.2, 0.25) is 10.0 Å². The molecule has 1 aromatic rings. The summed E-state index contributed by atoms with van der Waals surface area (Å²) >= 11 is 12.2. The molecule has 7 heteroatoms. The van der Waals surface area contributed by atoms with Crippen LogP contribution < -0.4 is 4.74 Å². The molecule has 1 aliphatic heterocycles. The van der Waals surface area contributed by atoms with Crippen molar-refractivity contribution in [3.8, 4) is 5.75 Å². The Balaban J connectivity index is 2.18. The maximum absolute atomic E-state index is 13.3. The molecule has 1 saturated heterocycles. The Kier molecular flexibility index (Phi) is 7.05. The summed E-state index contributed by atoms with van der Waals surface area (Å²) in [6.45, 7) is 12.2. The van der Waals surface area contributed by atoms with Crippen LogP contribution in [0.3, 0.4) is 0 Å². The average Bonchev–Trinajstić information content (AvgIpc) is 2.60. The van der Waals surface area contributed by atoms with E-state index in [-0.39, 0.29) is 18.5 Å². The minimum absolute atomic E-state index is 0.0750. The molecule has 1 aliphatic rings. The standard InChI is InChI=1S/C21H27Cl2NO4/c1-6-11-27-17-13-16(23)15(22)12-14(17)18(25)21(5)7-9-24(10-8-21)19(26)28-20(2,3)4/h6,12-13H,1,7-11H2,2-5H3. The topological polar surface area (TPSA) is 55.8 Å². The van der Waals surface area contributed by atoms with E-state index in [1.54, 1.807) is 23.1 Å². The number of carbonyl (C=O) groups excluding carboxylic acids is 2. The lowest BCUT2D eigenvalue weighted by molar-refractivity contribution is 0.0121. The van der Waals surface area contributed by atoms with Gasteiger partial charge in [-0.15, -0.1) is 0 Å². The van der Waals surface area contributed by atoms with Gasteiger partial charge in [0.25, 0.3) is 0 Å². The Morgan fingerprint density at radius 2 is 1.79 bits per heavy atom. The Morgan fingerprint density at radius 1 is 1.21 bits per heavy atom. The summed E-state index contributed by atoms with van der Waals surface area (Å²) in [7, 11) is 0. The molecule has 0 unspecified atom stereocenters. The number of amides is 1. The molecule has 0 saturated carbocycles. The highest BCUT2D eigenvalue weighted by atomic mass is 35.5. The lowest BCUT2D eigenvalue weighted by Crippen LogP contribution is -2.46. The van der Waals surface area contributed by atoms with Crippen LogP contribution in [0.1, 0.15) is 50.9 Å². The number of nitrogens with zero attached hydrogens (tertiary/aromatic N) is 1. The zero-order valence-corrected chi connectivity index (χ0v) is 18.3. The van der Waals surface area contributed by atoms with Gasteiger partial charge in [0.1, 0.15) is 18.0 Å². The van der Waals surface area contributed by atoms with Crippen molar-refractivity contribution in [2.45, 2.75) is 46.1 Å². The molecule has 1 aromatic carbocycles. The Labute approximate surface area is 176 Å². The van der Waals surface area contributed by atoms with Gasteiger partial charge in [0, 0.05) is 24.6 Å². The number of piperidine rings is 1. The molecule has 0 aromatic heterocycles. The SMILES string of the molecule is C=CCOc1cc(Cl)c(Cl)cc1C(=O)C1(C)CCN(C(=O)OC(C)(C)C)CC1. The van der Waals surface area contributed by atoms with Crippen LogP contribution in [-0.2, 0) is 4.74 Å². The molecular formula is C21H27Cl2NO4. The highest BCUT2D eigenvalue weighted by Crippen LogP contribution is 2.39. The molecule has 1 amide bonds. The fourth-order valence-corrected chi connectivity index (χ4v) is 3.35. The lowest BCUT2D eigenvalue weighted by Gasteiger charge is -2.39. The van der Waals surface area contributed by atoms with Crippen molar-refractivity contribution in [3.63, 3.8) is 0 Å². The first-order chi connectivity index (χ1) is 13.0. The summed E-state index contributed by atoms with van der Waals surface area (Å²) in [5, 5.41) is 0.618. The molecular weight excluding hydrogens is 401 g/mol. The first-order valence-electron chi connectivity index (χ1n) is 9.22. The maximum Gasteiger partial charge on any atom is 0.410 e. The van der Waals surface area contributed by atoms with Crippen LogP contribution in [-0.4, -0.2) is 42.1 Å². The van der Waals surface area contributed by atoms with Gasteiger partial charge in [0.2, 0.25) is 0 Å². The average molecular weight is 428 g/mol. The van der Waals surface area contributed by atoms with Crippen LogP contribution in [0.4, 0.5) is 4.79 Å². The van der Waals surface area contributed by atoms with Gasteiger partial charge in [-0.2, -0.15) is 0 Å². The second kappa shape index (κ2) is 8.75. The third-order valence-corrected chi connectivity index (χ3v) is 5.41. The summed E-state index contributed by atoms with van der Waals surface area (Å²) in [6, 6.07) is 3.11.